The molecule has 0 aliphatic heterocycles. The summed E-state index contributed by atoms with van der Waals surface area (Å²) >= 11 is 3.26. The molecule has 2 rings (SSSR count). The van der Waals surface area contributed by atoms with Crippen LogP contribution >= 0.6 is 19.4 Å². The molecule has 0 spiro atoms. The largest absolute Gasteiger partial charge is 0.510 e. The van der Waals surface area contributed by atoms with Crippen molar-refractivity contribution in [2.24, 2.45) is 5.10 Å². The van der Waals surface area contributed by atoms with Crippen molar-refractivity contribution in [3.8, 4) is 0 Å². The summed E-state index contributed by atoms with van der Waals surface area (Å²) in [5.41, 5.74) is 5.58. The van der Waals surface area contributed by atoms with Crippen LogP contribution in [0.5, 0.6) is 0 Å². The molecule has 1 N–H and O–H groups in total. The molecule has 106 valence electrons. The number of nitrogens with one attached hydrogen (secondary N) is 1. The van der Waals surface area contributed by atoms with Crippen molar-refractivity contribution < 1.29 is 15.1 Å². The fourth-order valence-corrected chi connectivity index (χ4v) is 1.45. The summed E-state index contributed by atoms with van der Waals surface area (Å²) in [6, 6.07) is 15.2. The van der Waals surface area contributed by atoms with Crippen molar-refractivity contribution in [1.82, 2.24) is 4.98 Å². The van der Waals surface area contributed by atoms with Gasteiger partial charge in [0, 0.05) is 18.1 Å². The minimum atomic E-state index is -0.931. The van der Waals surface area contributed by atoms with E-state index in [9.17, 15) is 0 Å². The molecule has 0 radical (unpaired) electrons. The Hall–Kier alpha value is -1.07. The van der Waals surface area contributed by atoms with E-state index in [4.69, 9.17) is 19.4 Å². The number of rotatable bonds is 3. The minimum absolute atomic E-state index is 0.424. The first-order valence-electron chi connectivity index (χ1n) is 5.91. The van der Waals surface area contributed by atoms with E-state index >= 15 is 0 Å². The van der Waals surface area contributed by atoms with Gasteiger partial charge in [-0.15, -0.1) is 0 Å². The van der Waals surface area contributed by atoms with E-state index in [1.165, 1.54) is 0 Å². The topological polar surface area (TPSA) is 51.4 Å². The number of hydrogen-bond donors (Lipinski definition) is 1. The molecule has 0 aliphatic rings. The quantitative estimate of drug-likeness (QED) is 0.216. The molecule has 0 atom stereocenters. The average Bonchev–Trinajstić information content (AvgIpc) is 2.50. The fraction of sp³-hybridized carbons (Fsp3) is 0. The molecular formula is C13H12Cl2N4SZn. The van der Waals surface area contributed by atoms with Gasteiger partial charge in [0.15, 0.2) is 12.2 Å². The Morgan fingerprint density at radius 3 is 2.48 bits per heavy atom. The second-order valence-electron chi connectivity index (χ2n) is 3.51. The first kappa shape index (κ1) is 18.0. The van der Waals surface area contributed by atoms with Gasteiger partial charge in [0.1, 0.15) is 0 Å². The maximum atomic E-state index is 4.95. The SMILES string of the molecule is [Cl][Zn][Cl].[SH+]=C([N-]N=Cc1ccccn1)Nc1ccccc1. The Labute approximate surface area is 144 Å². The van der Waals surface area contributed by atoms with Gasteiger partial charge in [-0.3, -0.25) is 4.98 Å². The van der Waals surface area contributed by atoms with E-state index in [-0.39, 0.29) is 0 Å². The number of benzene rings is 1. The van der Waals surface area contributed by atoms with E-state index in [1.807, 2.05) is 48.5 Å². The molecule has 1 aromatic carbocycles. The second-order valence-corrected chi connectivity index (χ2v) is 8.56. The number of aromatic nitrogens is 1. The van der Waals surface area contributed by atoms with Crippen LogP contribution in [0.15, 0.2) is 59.8 Å². The summed E-state index contributed by atoms with van der Waals surface area (Å²) in [6.07, 6.45) is 3.28. The summed E-state index contributed by atoms with van der Waals surface area (Å²) in [5.74, 6) is 0. The number of halogens is 2. The van der Waals surface area contributed by atoms with Gasteiger partial charge in [-0.2, -0.15) is 0 Å². The maximum Gasteiger partial charge on any atom is 0.212 e. The van der Waals surface area contributed by atoms with Crippen LogP contribution in [0.4, 0.5) is 5.69 Å². The van der Waals surface area contributed by atoms with Crippen molar-refractivity contribution in [3.63, 3.8) is 0 Å². The van der Waals surface area contributed by atoms with Crippen LogP contribution in [0.25, 0.3) is 5.43 Å². The molecular weight excluding hydrogens is 381 g/mol. The van der Waals surface area contributed by atoms with Crippen LogP contribution in [0.3, 0.4) is 0 Å². The number of pyridine rings is 1. The van der Waals surface area contributed by atoms with Crippen molar-refractivity contribution in [1.29, 1.82) is 0 Å². The molecule has 0 unspecified atom stereocenters. The summed E-state index contributed by atoms with van der Waals surface area (Å²) in [4.78, 5) is 4.10. The Bertz CT molecular complexity index is 555. The zero-order chi connectivity index (χ0) is 15.3. The van der Waals surface area contributed by atoms with Gasteiger partial charge in [-0.25, -0.2) is 0 Å². The van der Waals surface area contributed by atoms with E-state index in [1.54, 1.807) is 12.4 Å². The van der Waals surface area contributed by atoms with E-state index in [2.05, 4.69) is 33.0 Å². The molecule has 4 nitrogen and oxygen atoms in total. The third-order valence-electron chi connectivity index (χ3n) is 2.06. The second kappa shape index (κ2) is 11.6. The van der Waals surface area contributed by atoms with Crippen molar-refractivity contribution >= 4 is 48.6 Å². The predicted molar refractivity (Wildman–Crippen MR) is 90.7 cm³/mol. The van der Waals surface area contributed by atoms with Crippen LogP contribution in [-0.2, 0) is 27.4 Å². The van der Waals surface area contributed by atoms with E-state index < -0.39 is 15.1 Å². The van der Waals surface area contributed by atoms with Gasteiger partial charge < -0.3 is 15.8 Å². The van der Waals surface area contributed by atoms with Gasteiger partial charge in [-0.05, 0) is 24.3 Å². The normalized spacial score (nSPS) is 9.24. The first-order valence-corrected chi connectivity index (χ1v) is 14.2. The third-order valence-corrected chi connectivity index (χ3v) is 2.26. The monoisotopic (exact) mass is 390 g/mol. The fourth-order valence-electron chi connectivity index (χ4n) is 1.27. The third kappa shape index (κ3) is 8.73. The van der Waals surface area contributed by atoms with Crippen molar-refractivity contribution in [2.45, 2.75) is 0 Å². The molecule has 0 amide bonds. The Balaban J connectivity index is 0.000000677. The van der Waals surface area contributed by atoms with Crippen LogP contribution in [0.1, 0.15) is 5.69 Å². The predicted octanol–water partition coefficient (Wildman–Crippen LogP) is 3.64. The number of nitrogens with zero attached hydrogens (tertiary/aromatic N) is 3. The van der Waals surface area contributed by atoms with Crippen LogP contribution in [-0.4, -0.2) is 16.3 Å². The van der Waals surface area contributed by atoms with Gasteiger partial charge >= 0.3 is 34.5 Å². The molecule has 0 saturated carbocycles. The Kier molecular flexibility index (Phi) is 9.91. The standard InChI is InChI=1S/C13H12N4S.2ClH.Zn/c18-13(16-11-6-2-1-3-7-11)17-15-10-12-8-4-5-9-14-12;;;/h1-10H,(H2,14,16,17,18);2*1H;/q;;;+2/p-2. The Morgan fingerprint density at radius 1 is 1.19 bits per heavy atom. The summed E-state index contributed by atoms with van der Waals surface area (Å²) in [5, 5.41) is 7.33. The molecule has 0 saturated heterocycles. The molecule has 0 bridgehead atoms. The van der Waals surface area contributed by atoms with Crippen LogP contribution in [0.2, 0.25) is 0 Å². The van der Waals surface area contributed by atoms with Gasteiger partial charge in [-0.1, -0.05) is 24.3 Å². The maximum absolute atomic E-state index is 4.95. The summed E-state index contributed by atoms with van der Waals surface area (Å²) in [6.45, 7) is 0. The first-order chi connectivity index (χ1) is 10.3. The number of hydrogen-bond acceptors (Lipinski definition) is 2. The summed E-state index contributed by atoms with van der Waals surface area (Å²) in [7, 11) is 9.90. The number of anilines is 1. The average molecular weight is 393 g/mol. The van der Waals surface area contributed by atoms with Gasteiger partial charge in [0.2, 0.25) is 5.11 Å². The zero-order valence-corrected chi connectivity index (χ0v) is 16.4. The van der Waals surface area contributed by atoms with Crippen molar-refractivity contribution in [2.75, 3.05) is 5.32 Å². The molecule has 21 heavy (non-hydrogen) atoms. The van der Waals surface area contributed by atoms with Gasteiger partial charge in [0.25, 0.3) is 0 Å². The molecule has 8 heteroatoms. The summed E-state index contributed by atoms with van der Waals surface area (Å²) < 4.78 is 0. The smallest absolute Gasteiger partial charge is 0.212 e. The van der Waals surface area contributed by atoms with Crippen LogP contribution in [0, 0.1) is 0 Å². The van der Waals surface area contributed by atoms with Crippen molar-refractivity contribution in [3.05, 3.63) is 65.8 Å². The zero-order valence-electron chi connectivity index (χ0n) is 11.0. The van der Waals surface area contributed by atoms with Gasteiger partial charge in [0.05, 0.1) is 5.69 Å². The van der Waals surface area contributed by atoms with Crippen LogP contribution < -0.4 is 5.32 Å². The number of thiol groups is 1. The molecule has 2 aromatic rings. The molecule has 0 aliphatic carbocycles. The molecule has 1 aromatic heterocycles. The molecule has 1 heterocycles. The molecule has 0 fully saturated rings. The van der Waals surface area contributed by atoms with E-state index in [0.717, 1.165) is 11.4 Å². The Morgan fingerprint density at radius 2 is 1.86 bits per heavy atom. The van der Waals surface area contributed by atoms with E-state index in [0.29, 0.717) is 5.11 Å². The number of para-hydroxylation sites is 1. The minimum Gasteiger partial charge on any atom is -0.510 e.